The van der Waals surface area contributed by atoms with E-state index in [-0.39, 0.29) is 11.1 Å². The van der Waals surface area contributed by atoms with Crippen LogP contribution in [0.15, 0.2) is 35.4 Å². The van der Waals surface area contributed by atoms with E-state index in [4.69, 9.17) is 4.74 Å². The Morgan fingerprint density at radius 3 is 2.77 bits per heavy atom. The number of thioether (sulfide) groups is 1. The van der Waals surface area contributed by atoms with Gasteiger partial charge in [-0.1, -0.05) is 25.1 Å². The highest BCUT2D eigenvalue weighted by atomic mass is 32.2. The summed E-state index contributed by atoms with van der Waals surface area (Å²) in [6.07, 6.45) is 5.60. The maximum atomic E-state index is 12.6. The summed E-state index contributed by atoms with van der Waals surface area (Å²) in [6, 6.07) is 8.54. The normalized spacial score (nSPS) is 17.7. The Hall–Kier alpha value is -2.05. The van der Waals surface area contributed by atoms with Crippen LogP contribution in [-0.4, -0.2) is 40.9 Å². The maximum absolute atomic E-state index is 12.6. The molecule has 2 heterocycles. The zero-order valence-corrected chi connectivity index (χ0v) is 16.2. The van der Waals surface area contributed by atoms with E-state index in [0.717, 1.165) is 34.6 Å². The van der Waals surface area contributed by atoms with Crippen LogP contribution in [0, 0.1) is 0 Å². The zero-order chi connectivity index (χ0) is 18.7. The van der Waals surface area contributed by atoms with Crippen LogP contribution in [0.3, 0.4) is 0 Å². The molecule has 0 aliphatic carbocycles. The van der Waals surface area contributed by atoms with Gasteiger partial charge in [0.25, 0.3) is 11.1 Å². The number of nitrogens with zero attached hydrogens (tertiary/aromatic N) is 2. The van der Waals surface area contributed by atoms with Crippen LogP contribution in [0.5, 0.6) is 0 Å². The van der Waals surface area contributed by atoms with E-state index in [1.165, 1.54) is 4.90 Å². The first-order chi connectivity index (χ1) is 12.6. The first kappa shape index (κ1) is 18.7. The van der Waals surface area contributed by atoms with E-state index in [2.05, 4.69) is 36.7 Å². The van der Waals surface area contributed by atoms with Crippen LogP contribution in [0.4, 0.5) is 4.79 Å². The third kappa shape index (κ3) is 3.57. The Kier molecular flexibility index (Phi) is 5.84. The van der Waals surface area contributed by atoms with E-state index >= 15 is 0 Å². The fourth-order valence-electron chi connectivity index (χ4n) is 3.11. The van der Waals surface area contributed by atoms with Crippen LogP contribution in [0.2, 0.25) is 0 Å². The minimum atomic E-state index is -0.212. The SMILES string of the molecule is CC[C@@H](C)n1cc(/C=C2/SC(=O)N(CCCOC)C2=O)c2ccccc21. The first-order valence-electron chi connectivity index (χ1n) is 8.90. The van der Waals surface area contributed by atoms with Crippen LogP contribution in [0.25, 0.3) is 17.0 Å². The van der Waals surface area contributed by atoms with E-state index in [0.29, 0.717) is 30.5 Å². The summed E-state index contributed by atoms with van der Waals surface area (Å²) in [6.45, 7) is 5.26. The highest BCUT2D eigenvalue weighted by molar-refractivity contribution is 8.18. The van der Waals surface area contributed by atoms with Gasteiger partial charge in [0.15, 0.2) is 0 Å². The average molecular weight is 372 g/mol. The summed E-state index contributed by atoms with van der Waals surface area (Å²) in [5, 5.41) is 0.891. The predicted molar refractivity (Wildman–Crippen MR) is 106 cm³/mol. The third-order valence-electron chi connectivity index (χ3n) is 4.73. The topological polar surface area (TPSA) is 51.5 Å². The molecule has 0 N–H and O–H groups in total. The number of ether oxygens (including phenoxy) is 1. The number of imide groups is 1. The number of para-hydroxylation sites is 1. The van der Waals surface area contributed by atoms with Crippen molar-refractivity contribution in [2.24, 2.45) is 0 Å². The van der Waals surface area contributed by atoms with Crippen molar-refractivity contribution in [2.45, 2.75) is 32.7 Å². The molecule has 1 aromatic carbocycles. The molecule has 0 unspecified atom stereocenters. The molecule has 0 bridgehead atoms. The molecule has 1 atom stereocenters. The van der Waals surface area contributed by atoms with Gasteiger partial charge in [-0.2, -0.15) is 0 Å². The largest absolute Gasteiger partial charge is 0.385 e. The molecule has 2 amide bonds. The summed E-state index contributed by atoms with van der Waals surface area (Å²) < 4.78 is 7.25. The van der Waals surface area contributed by atoms with Crippen molar-refractivity contribution >= 4 is 39.9 Å². The molecule has 2 aromatic rings. The van der Waals surface area contributed by atoms with Crippen molar-refractivity contribution in [2.75, 3.05) is 20.3 Å². The lowest BCUT2D eigenvalue weighted by atomic mass is 10.1. The number of amides is 2. The van der Waals surface area contributed by atoms with Gasteiger partial charge in [-0.25, -0.2) is 0 Å². The number of methoxy groups -OCH3 is 1. The molecule has 138 valence electrons. The number of aromatic nitrogens is 1. The molecule has 0 saturated carbocycles. The second-order valence-electron chi connectivity index (χ2n) is 6.45. The van der Waals surface area contributed by atoms with Gasteiger partial charge < -0.3 is 9.30 Å². The smallest absolute Gasteiger partial charge is 0.293 e. The fourth-order valence-corrected chi connectivity index (χ4v) is 3.97. The van der Waals surface area contributed by atoms with E-state index in [1.54, 1.807) is 7.11 Å². The van der Waals surface area contributed by atoms with Gasteiger partial charge in [-0.15, -0.1) is 0 Å². The van der Waals surface area contributed by atoms with Crippen LogP contribution in [0.1, 0.15) is 38.3 Å². The Morgan fingerprint density at radius 2 is 2.04 bits per heavy atom. The lowest BCUT2D eigenvalue weighted by molar-refractivity contribution is -0.122. The number of carbonyl (C=O) groups is 2. The molecule has 1 fully saturated rings. The molecule has 0 radical (unpaired) electrons. The maximum Gasteiger partial charge on any atom is 0.293 e. The molecule has 1 saturated heterocycles. The van der Waals surface area contributed by atoms with Gasteiger partial charge in [-0.05, 0) is 43.7 Å². The highest BCUT2D eigenvalue weighted by Crippen LogP contribution is 2.35. The molecule has 1 aliphatic heterocycles. The molecule has 3 rings (SSSR count). The lowest BCUT2D eigenvalue weighted by Crippen LogP contribution is -2.29. The monoisotopic (exact) mass is 372 g/mol. The van der Waals surface area contributed by atoms with Crippen molar-refractivity contribution in [1.29, 1.82) is 0 Å². The Labute approximate surface area is 158 Å². The van der Waals surface area contributed by atoms with Crippen molar-refractivity contribution < 1.29 is 14.3 Å². The number of hydrogen-bond donors (Lipinski definition) is 0. The van der Waals surface area contributed by atoms with E-state index in [9.17, 15) is 9.59 Å². The number of rotatable bonds is 7. The predicted octanol–water partition coefficient (Wildman–Crippen LogP) is 4.69. The van der Waals surface area contributed by atoms with Gasteiger partial charge in [0.2, 0.25) is 0 Å². The molecule has 1 aromatic heterocycles. The molecule has 1 aliphatic rings. The van der Waals surface area contributed by atoms with Crippen LogP contribution in [-0.2, 0) is 9.53 Å². The molecule has 6 heteroatoms. The summed E-state index contributed by atoms with van der Waals surface area (Å²) in [5.41, 5.74) is 2.12. The lowest BCUT2D eigenvalue weighted by Gasteiger charge is -2.12. The minimum absolute atomic E-state index is 0.206. The van der Waals surface area contributed by atoms with Gasteiger partial charge >= 0.3 is 0 Å². The number of fused-ring (bicyclic) bond motifs is 1. The van der Waals surface area contributed by atoms with Gasteiger partial charge in [0, 0.05) is 49.0 Å². The molecular formula is C20H24N2O3S. The standard InChI is InChI=1S/C20H24N2O3S/c1-4-14(2)22-13-15(16-8-5-6-9-17(16)22)12-18-19(23)21(20(24)26-18)10-7-11-25-3/h5-6,8-9,12-14H,4,7,10-11H2,1-3H3/b18-12+/t14-/m1/s1. The van der Waals surface area contributed by atoms with Gasteiger partial charge in [-0.3, -0.25) is 14.5 Å². The summed E-state index contributed by atoms with van der Waals surface area (Å²) in [5.74, 6) is -0.212. The first-order valence-corrected chi connectivity index (χ1v) is 9.72. The Balaban J connectivity index is 1.93. The highest BCUT2D eigenvalue weighted by Gasteiger charge is 2.34. The van der Waals surface area contributed by atoms with Crippen LogP contribution < -0.4 is 0 Å². The number of benzene rings is 1. The van der Waals surface area contributed by atoms with E-state index in [1.807, 2.05) is 18.2 Å². The molecular weight excluding hydrogens is 348 g/mol. The molecule has 26 heavy (non-hydrogen) atoms. The Bertz CT molecular complexity index is 856. The third-order valence-corrected chi connectivity index (χ3v) is 5.63. The van der Waals surface area contributed by atoms with Crippen molar-refractivity contribution in [3.05, 3.63) is 40.9 Å². The molecule has 0 spiro atoms. The number of carbonyl (C=O) groups excluding carboxylic acids is 2. The second kappa shape index (κ2) is 8.10. The summed E-state index contributed by atoms with van der Waals surface area (Å²) in [4.78, 5) is 26.6. The quantitative estimate of drug-likeness (QED) is 0.523. The average Bonchev–Trinajstić information content (AvgIpc) is 3.14. The van der Waals surface area contributed by atoms with Crippen molar-refractivity contribution in [1.82, 2.24) is 9.47 Å². The molecule has 5 nitrogen and oxygen atoms in total. The minimum Gasteiger partial charge on any atom is -0.385 e. The Morgan fingerprint density at radius 1 is 1.27 bits per heavy atom. The van der Waals surface area contributed by atoms with Gasteiger partial charge in [0.1, 0.15) is 0 Å². The summed E-state index contributed by atoms with van der Waals surface area (Å²) in [7, 11) is 1.61. The zero-order valence-electron chi connectivity index (χ0n) is 15.4. The van der Waals surface area contributed by atoms with Gasteiger partial charge in [0.05, 0.1) is 4.91 Å². The second-order valence-corrected chi connectivity index (χ2v) is 7.44. The van der Waals surface area contributed by atoms with Crippen LogP contribution >= 0.6 is 11.8 Å². The van der Waals surface area contributed by atoms with Crippen molar-refractivity contribution in [3.63, 3.8) is 0 Å². The van der Waals surface area contributed by atoms with Crippen molar-refractivity contribution in [3.8, 4) is 0 Å². The van der Waals surface area contributed by atoms with E-state index < -0.39 is 0 Å². The fraction of sp³-hybridized carbons (Fsp3) is 0.400. The number of hydrogen-bond acceptors (Lipinski definition) is 4. The summed E-state index contributed by atoms with van der Waals surface area (Å²) >= 11 is 1.02.